The van der Waals surface area contributed by atoms with Gasteiger partial charge in [0.25, 0.3) is 0 Å². The third kappa shape index (κ3) is 7.56. The fourth-order valence-electron chi connectivity index (χ4n) is 2.48. The van der Waals surface area contributed by atoms with Crippen molar-refractivity contribution < 1.29 is 8.42 Å². The summed E-state index contributed by atoms with van der Waals surface area (Å²) in [4.78, 5) is 8.80. The van der Waals surface area contributed by atoms with Crippen LogP contribution in [-0.2, 0) is 23.0 Å². The number of aromatic nitrogens is 1. The Morgan fingerprint density at radius 3 is 2.38 bits per heavy atom. The van der Waals surface area contributed by atoms with Crippen LogP contribution in [0.1, 0.15) is 25.1 Å². The fraction of sp³-hybridized carbons (Fsp3) is 0.400. The Morgan fingerprint density at radius 1 is 1.14 bits per heavy atom. The topological polar surface area (TPSA) is 86.7 Å². The van der Waals surface area contributed by atoms with Gasteiger partial charge >= 0.3 is 0 Å². The molecule has 0 aliphatic heterocycles. The summed E-state index contributed by atoms with van der Waals surface area (Å²) in [5.74, 6) is 0.687. The molecule has 0 aliphatic carbocycles. The number of hydrogen-bond donors (Lipinski definition) is 2. The molecule has 0 saturated carbocycles. The quantitative estimate of drug-likeness (QED) is 0.311. The number of sulfonamides is 1. The van der Waals surface area contributed by atoms with Crippen molar-refractivity contribution in [1.29, 1.82) is 0 Å². The monoisotopic (exact) mass is 531 g/mol. The van der Waals surface area contributed by atoms with E-state index in [4.69, 9.17) is 0 Å². The molecule has 0 atom stereocenters. The number of pyridine rings is 1. The standard InChI is InChI=1S/C20H29N5O2S.HI/c1-16(2)25(4)28(26,27)19-10-8-17(9-11-19)15-24-20(21-3)23-14-12-18-7-5-6-13-22-18;/h5-11,13,16H,12,14-15H2,1-4H3,(H2,21,23,24);1H. The summed E-state index contributed by atoms with van der Waals surface area (Å²) in [6, 6.07) is 12.7. The molecular formula is C20H30IN5O2S. The highest BCUT2D eigenvalue weighted by molar-refractivity contribution is 14.0. The molecule has 0 fully saturated rings. The molecule has 0 saturated heterocycles. The van der Waals surface area contributed by atoms with E-state index in [-0.39, 0.29) is 30.0 Å². The predicted octanol–water partition coefficient (Wildman–Crippen LogP) is 2.64. The summed E-state index contributed by atoms with van der Waals surface area (Å²) >= 11 is 0. The summed E-state index contributed by atoms with van der Waals surface area (Å²) < 4.78 is 26.4. The summed E-state index contributed by atoms with van der Waals surface area (Å²) in [7, 11) is -0.149. The van der Waals surface area contributed by atoms with E-state index in [1.54, 1.807) is 32.4 Å². The zero-order valence-corrected chi connectivity index (χ0v) is 20.4. The van der Waals surface area contributed by atoms with Gasteiger partial charge in [0.2, 0.25) is 10.0 Å². The first-order chi connectivity index (χ1) is 13.3. The molecule has 9 heteroatoms. The largest absolute Gasteiger partial charge is 0.356 e. The van der Waals surface area contributed by atoms with Crippen LogP contribution in [-0.4, -0.2) is 50.3 Å². The van der Waals surface area contributed by atoms with Gasteiger partial charge in [0, 0.05) is 51.5 Å². The fourth-order valence-corrected chi connectivity index (χ4v) is 3.85. The zero-order chi connectivity index (χ0) is 20.6. The summed E-state index contributed by atoms with van der Waals surface area (Å²) in [6.45, 7) is 4.96. The van der Waals surface area contributed by atoms with Crippen LogP contribution in [0, 0.1) is 0 Å². The number of nitrogens with one attached hydrogen (secondary N) is 2. The van der Waals surface area contributed by atoms with E-state index in [0.717, 1.165) is 24.2 Å². The molecule has 7 nitrogen and oxygen atoms in total. The molecule has 0 aliphatic rings. The van der Waals surface area contributed by atoms with Gasteiger partial charge in [-0.25, -0.2) is 8.42 Å². The van der Waals surface area contributed by atoms with Gasteiger partial charge < -0.3 is 10.6 Å². The van der Waals surface area contributed by atoms with Gasteiger partial charge in [-0.3, -0.25) is 9.98 Å². The predicted molar refractivity (Wildman–Crippen MR) is 128 cm³/mol. The van der Waals surface area contributed by atoms with E-state index >= 15 is 0 Å². The van der Waals surface area contributed by atoms with Crippen molar-refractivity contribution in [2.75, 3.05) is 20.6 Å². The van der Waals surface area contributed by atoms with Crippen LogP contribution < -0.4 is 10.6 Å². The van der Waals surface area contributed by atoms with Gasteiger partial charge in [0.15, 0.2) is 5.96 Å². The Morgan fingerprint density at radius 2 is 1.83 bits per heavy atom. The van der Waals surface area contributed by atoms with Gasteiger partial charge in [0.05, 0.1) is 4.90 Å². The number of rotatable bonds is 8. The third-order valence-electron chi connectivity index (χ3n) is 4.41. The molecule has 29 heavy (non-hydrogen) atoms. The highest BCUT2D eigenvalue weighted by atomic mass is 127. The van der Waals surface area contributed by atoms with E-state index in [2.05, 4.69) is 20.6 Å². The van der Waals surface area contributed by atoms with Crippen molar-refractivity contribution in [3.63, 3.8) is 0 Å². The Hall–Kier alpha value is -1.72. The summed E-state index contributed by atoms with van der Waals surface area (Å²) in [5, 5.41) is 6.48. The number of guanidine groups is 1. The molecule has 0 amide bonds. The molecule has 2 rings (SSSR count). The minimum Gasteiger partial charge on any atom is -0.356 e. The van der Waals surface area contributed by atoms with Gasteiger partial charge in [-0.15, -0.1) is 24.0 Å². The lowest BCUT2D eigenvalue weighted by Gasteiger charge is -2.21. The summed E-state index contributed by atoms with van der Waals surface area (Å²) in [5.41, 5.74) is 1.99. The average Bonchev–Trinajstić information content (AvgIpc) is 2.71. The second-order valence-electron chi connectivity index (χ2n) is 6.68. The molecule has 1 aromatic heterocycles. The molecule has 0 spiro atoms. The lowest BCUT2D eigenvalue weighted by atomic mass is 10.2. The van der Waals surface area contributed by atoms with Crippen molar-refractivity contribution in [2.24, 2.45) is 4.99 Å². The van der Waals surface area contributed by atoms with Gasteiger partial charge in [-0.05, 0) is 43.7 Å². The van der Waals surface area contributed by atoms with Crippen LogP contribution in [0.4, 0.5) is 0 Å². The lowest BCUT2D eigenvalue weighted by molar-refractivity contribution is 0.410. The van der Waals surface area contributed by atoms with Crippen molar-refractivity contribution in [3.05, 3.63) is 59.9 Å². The van der Waals surface area contributed by atoms with Crippen LogP contribution in [0.25, 0.3) is 0 Å². The van der Waals surface area contributed by atoms with E-state index in [9.17, 15) is 8.42 Å². The van der Waals surface area contributed by atoms with Gasteiger partial charge in [-0.1, -0.05) is 18.2 Å². The van der Waals surface area contributed by atoms with Crippen LogP contribution in [0.2, 0.25) is 0 Å². The molecule has 0 bridgehead atoms. The molecule has 2 N–H and O–H groups in total. The Kier molecular flexibility index (Phi) is 10.5. The second-order valence-corrected chi connectivity index (χ2v) is 8.68. The normalized spacial score (nSPS) is 12.0. The lowest BCUT2D eigenvalue weighted by Crippen LogP contribution is -2.38. The number of aliphatic imine (C=N–C) groups is 1. The minimum atomic E-state index is -3.46. The Bertz CT molecular complexity index is 872. The SMILES string of the molecule is CN=C(NCCc1ccccn1)NCc1ccc(S(=O)(=O)N(C)C(C)C)cc1.I. The molecule has 0 unspecified atom stereocenters. The molecular weight excluding hydrogens is 501 g/mol. The number of halogens is 1. The first kappa shape index (κ1) is 25.3. The van der Waals surface area contributed by atoms with E-state index in [1.165, 1.54) is 4.31 Å². The van der Waals surface area contributed by atoms with Crippen molar-refractivity contribution in [2.45, 2.75) is 37.8 Å². The van der Waals surface area contributed by atoms with Crippen LogP contribution in [0.3, 0.4) is 0 Å². The van der Waals surface area contributed by atoms with Crippen molar-refractivity contribution in [3.8, 4) is 0 Å². The van der Waals surface area contributed by atoms with Gasteiger partial charge in [-0.2, -0.15) is 4.31 Å². The van der Waals surface area contributed by atoms with E-state index < -0.39 is 10.0 Å². The van der Waals surface area contributed by atoms with Crippen LogP contribution >= 0.6 is 24.0 Å². The van der Waals surface area contributed by atoms with E-state index in [0.29, 0.717) is 17.4 Å². The highest BCUT2D eigenvalue weighted by Crippen LogP contribution is 2.17. The highest BCUT2D eigenvalue weighted by Gasteiger charge is 2.22. The molecule has 0 radical (unpaired) electrons. The van der Waals surface area contributed by atoms with E-state index in [1.807, 2.05) is 44.2 Å². The Labute approximate surface area is 191 Å². The maximum atomic E-state index is 12.5. The average molecular weight is 531 g/mol. The van der Waals surface area contributed by atoms with Crippen molar-refractivity contribution in [1.82, 2.24) is 19.9 Å². The molecule has 160 valence electrons. The maximum absolute atomic E-state index is 12.5. The summed E-state index contributed by atoms with van der Waals surface area (Å²) in [6.07, 6.45) is 2.59. The number of hydrogen-bond acceptors (Lipinski definition) is 4. The Balaban J connectivity index is 0.00000420. The smallest absolute Gasteiger partial charge is 0.243 e. The van der Waals surface area contributed by atoms with Crippen LogP contribution in [0.5, 0.6) is 0 Å². The second kappa shape index (κ2) is 12.1. The number of nitrogens with zero attached hydrogens (tertiary/aromatic N) is 3. The first-order valence-corrected chi connectivity index (χ1v) is 10.7. The van der Waals surface area contributed by atoms with Crippen LogP contribution in [0.15, 0.2) is 58.5 Å². The minimum absolute atomic E-state index is 0. The first-order valence-electron chi connectivity index (χ1n) is 9.26. The maximum Gasteiger partial charge on any atom is 0.243 e. The third-order valence-corrected chi connectivity index (χ3v) is 6.46. The molecule has 1 aromatic carbocycles. The van der Waals surface area contributed by atoms with Crippen molar-refractivity contribution >= 4 is 40.0 Å². The number of benzene rings is 1. The molecule has 1 heterocycles. The molecule has 2 aromatic rings. The zero-order valence-electron chi connectivity index (χ0n) is 17.3. The van der Waals surface area contributed by atoms with Gasteiger partial charge in [0.1, 0.15) is 0 Å².